The van der Waals surface area contributed by atoms with Gasteiger partial charge in [-0.25, -0.2) is 4.90 Å². The number of hydrogen-bond donors (Lipinski definition) is 0. The third-order valence-electron chi connectivity index (χ3n) is 7.34. The Morgan fingerprint density at radius 2 is 1.59 bits per heavy atom. The highest BCUT2D eigenvalue weighted by atomic mass is 16.5. The molecule has 2 aromatic carbocycles. The average molecular weight is 387 g/mol. The van der Waals surface area contributed by atoms with Gasteiger partial charge in [-0.3, -0.25) is 14.4 Å². The molecule has 3 fully saturated rings. The standard InChI is InChI=1S/C24H21NO4/c26-18-13-12-15-11-10-14-6-4-5-9-17(14)24(15)20-19(21(18)29-24)22(27)25(23(20)28)16-7-2-1-3-8-16/h1-9,15,19-21H,10-13H2/t15?,19-,20-,21+,24+/m1/s1. The largest absolute Gasteiger partial charge is 0.357 e. The van der Waals surface area contributed by atoms with E-state index in [9.17, 15) is 14.4 Å². The number of amides is 2. The highest BCUT2D eigenvalue weighted by Gasteiger charge is 2.72. The van der Waals surface area contributed by atoms with Crippen LogP contribution in [0.4, 0.5) is 5.69 Å². The molecule has 5 atom stereocenters. The van der Waals surface area contributed by atoms with Crippen molar-refractivity contribution in [3.8, 4) is 0 Å². The first-order chi connectivity index (χ1) is 14.1. The molecule has 2 aromatic rings. The monoisotopic (exact) mass is 387 g/mol. The second kappa shape index (κ2) is 5.86. The van der Waals surface area contributed by atoms with Crippen LogP contribution in [0.2, 0.25) is 0 Å². The van der Waals surface area contributed by atoms with Crippen molar-refractivity contribution in [1.82, 2.24) is 0 Å². The summed E-state index contributed by atoms with van der Waals surface area (Å²) in [6, 6.07) is 17.1. The maximum Gasteiger partial charge on any atom is 0.241 e. The fourth-order valence-electron chi connectivity index (χ4n) is 6.18. The zero-order chi connectivity index (χ0) is 19.8. The zero-order valence-electron chi connectivity index (χ0n) is 15.9. The van der Waals surface area contributed by atoms with Gasteiger partial charge < -0.3 is 4.74 Å². The number of para-hydroxylation sites is 1. The molecule has 2 amide bonds. The van der Waals surface area contributed by atoms with E-state index in [0.717, 1.165) is 24.0 Å². The second-order valence-electron chi connectivity index (χ2n) is 8.58. The van der Waals surface area contributed by atoms with Crippen LogP contribution in [-0.2, 0) is 31.1 Å². The molecule has 0 aromatic heterocycles. The molecule has 1 aliphatic carbocycles. The Kier molecular flexibility index (Phi) is 3.46. The Balaban J connectivity index is 1.58. The second-order valence-corrected chi connectivity index (χ2v) is 8.58. The van der Waals surface area contributed by atoms with E-state index in [0.29, 0.717) is 18.5 Å². The van der Waals surface area contributed by atoms with Gasteiger partial charge in [0.2, 0.25) is 11.8 Å². The molecule has 2 bridgehead atoms. The molecule has 0 N–H and O–H groups in total. The minimum absolute atomic E-state index is 0.0418. The van der Waals surface area contributed by atoms with E-state index in [-0.39, 0.29) is 23.5 Å². The Bertz CT molecular complexity index is 1050. The van der Waals surface area contributed by atoms with Gasteiger partial charge in [-0.2, -0.15) is 0 Å². The third-order valence-corrected chi connectivity index (χ3v) is 7.34. The summed E-state index contributed by atoms with van der Waals surface area (Å²) >= 11 is 0. The van der Waals surface area contributed by atoms with Gasteiger partial charge in [-0.05, 0) is 48.4 Å². The number of nitrogens with zero attached hydrogens (tertiary/aromatic N) is 1. The van der Waals surface area contributed by atoms with E-state index >= 15 is 0 Å². The van der Waals surface area contributed by atoms with Gasteiger partial charge in [-0.15, -0.1) is 0 Å². The summed E-state index contributed by atoms with van der Waals surface area (Å²) in [4.78, 5) is 41.4. The van der Waals surface area contributed by atoms with E-state index in [1.807, 2.05) is 36.4 Å². The fourth-order valence-corrected chi connectivity index (χ4v) is 6.18. The van der Waals surface area contributed by atoms with Gasteiger partial charge in [0.05, 0.1) is 17.5 Å². The van der Waals surface area contributed by atoms with Gasteiger partial charge in [0.1, 0.15) is 11.7 Å². The van der Waals surface area contributed by atoms with Crippen molar-refractivity contribution in [2.45, 2.75) is 37.4 Å². The molecule has 4 aliphatic rings. The van der Waals surface area contributed by atoms with Crippen LogP contribution in [0.3, 0.4) is 0 Å². The summed E-state index contributed by atoms with van der Waals surface area (Å²) in [5.74, 6) is -1.89. The molecule has 1 unspecified atom stereocenters. The highest BCUT2D eigenvalue weighted by molar-refractivity contribution is 6.24. The molecule has 146 valence electrons. The number of anilines is 1. The van der Waals surface area contributed by atoms with Crippen LogP contribution in [0.1, 0.15) is 30.4 Å². The zero-order valence-corrected chi connectivity index (χ0v) is 15.9. The summed E-state index contributed by atoms with van der Waals surface area (Å²) in [6.07, 6.45) is 2.07. The molecular weight excluding hydrogens is 366 g/mol. The minimum Gasteiger partial charge on any atom is -0.357 e. The number of carbonyl (C=O) groups excluding carboxylic acids is 3. The van der Waals surface area contributed by atoms with Gasteiger partial charge in [0, 0.05) is 6.42 Å². The summed E-state index contributed by atoms with van der Waals surface area (Å²) in [6.45, 7) is 0. The van der Waals surface area contributed by atoms with Crippen molar-refractivity contribution in [1.29, 1.82) is 0 Å². The number of Topliss-reactive ketones (excluding diaryl/α,β-unsaturated/α-hetero) is 1. The summed E-state index contributed by atoms with van der Waals surface area (Å²) in [5, 5.41) is 0. The third kappa shape index (κ3) is 2.06. The van der Waals surface area contributed by atoms with Crippen LogP contribution in [0.15, 0.2) is 54.6 Å². The van der Waals surface area contributed by atoms with E-state index in [2.05, 4.69) is 6.07 Å². The van der Waals surface area contributed by atoms with Crippen molar-refractivity contribution in [2.75, 3.05) is 4.90 Å². The molecular formula is C24H21NO4. The number of aryl methyl sites for hydroxylation is 1. The van der Waals surface area contributed by atoms with Crippen molar-refractivity contribution in [3.63, 3.8) is 0 Å². The van der Waals surface area contributed by atoms with Gasteiger partial charge in [-0.1, -0.05) is 42.5 Å². The van der Waals surface area contributed by atoms with Gasteiger partial charge >= 0.3 is 0 Å². The first kappa shape index (κ1) is 17.1. The number of rotatable bonds is 1. The molecule has 0 radical (unpaired) electrons. The number of carbonyl (C=O) groups is 3. The molecule has 3 saturated heterocycles. The molecule has 1 spiro atoms. The SMILES string of the molecule is O=C1CCC2CCc3ccccc3[C@@]23O[C@@H]1[C@@H]1C(=O)N(c2ccccc2)C(=O)[C@@H]13. The first-order valence-electron chi connectivity index (χ1n) is 10.3. The van der Waals surface area contributed by atoms with Crippen LogP contribution in [-0.4, -0.2) is 23.7 Å². The lowest BCUT2D eigenvalue weighted by Crippen LogP contribution is -2.48. The Hall–Kier alpha value is -2.79. The summed E-state index contributed by atoms with van der Waals surface area (Å²) in [7, 11) is 0. The minimum atomic E-state index is -0.882. The number of fused-ring (bicyclic) bond motifs is 4. The van der Waals surface area contributed by atoms with Crippen LogP contribution in [0, 0.1) is 17.8 Å². The Morgan fingerprint density at radius 3 is 2.41 bits per heavy atom. The van der Waals surface area contributed by atoms with E-state index < -0.39 is 23.5 Å². The summed E-state index contributed by atoms with van der Waals surface area (Å²) < 4.78 is 6.53. The van der Waals surface area contributed by atoms with Crippen molar-refractivity contribution < 1.29 is 19.1 Å². The number of benzene rings is 2. The fraction of sp³-hybridized carbons (Fsp3) is 0.375. The molecule has 6 rings (SSSR count). The maximum absolute atomic E-state index is 13.7. The molecule has 3 heterocycles. The van der Waals surface area contributed by atoms with E-state index in [1.165, 1.54) is 4.90 Å². The van der Waals surface area contributed by atoms with Crippen LogP contribution < -0.4 is 4.90 Å². The van der Waals surface area contributed by atoms with Crippen LogP contribution in [0.25, 0.3) is 0 Å². The normalized spacial score (nSPS) is 35.2. The number of hydrogen-bond acceptors (Lipinski definition) is 4. The Morgan fingerprint density at radius 1 is 0.862 bits per heavy atom. The van der Waals surface area contributed by atoms with Gasteiger partial charge in [0.25, 0.3) is 0 Å². The lowest BCUT2D eigenvalue weighted by atomic mass is 9.61. The molecule has 5 heteroatoms. The molecule has 29 heavy (non-hydrogen) atoms. The quantitative estimate of drug-likeness (QED) is 0.706. The number of ketones is 1. The highest BCUT2D eigenvalue weighted by Crippen LogP contribution is 2.61. The van der Waals surface area contributed by atoms with Crippen molar-refractivity contribution >= 4 is 23.3 Å². The van der Waals surface area contributed by atoms with Gasteiger partial charge in [0.15, 0.2) is 5.78 Å². The van der Waals surface area contributed by atoms with Crippen molar-refractivity contribution in [3.05, 3.63) is 65.7 Å². The molecule has 3 aliphatic heterocycles. The lowest BCUT2D eigenvalue weighted by Gasteiger charge is -2.44. The predicted molar refractivity (Wildman–Crippen MR) is 105 cm³/mol. The average Bonchev–Trinajstić information content (AvgIpc) is 3.17. The summed E-state index contributed by atoms with van der Waals surface area (Å²) in [5.41, 5.74) is 1.85. The van der Waals surface area contributed by atoms with E-state index in [1.54, 1.807) is 12.1 Å². The van der Waals surface area contributed by atoms with Crippen LogP contribution >= 0.6 is 0 Å². The first-order valence-corrected chi connectivity index (χ1v) is 10.3. The predicted octanol–water partition coefficient (Wildman–Crippen LogP) is 3.01. The topological polar surface area (TPSA) is 63.7 Å². The lowest BCUT2D eigenvalue weighted by molar-refractivity contribution is -0.148. The smallest absolute Gasteiger partial charge is 0.241 e. The maximum atomic E-state index is 13.7. The van der Waals surface area contributed by atoms with E-state index in [4.69, 9.17) is 4.74 Å². The molecule has 0 saturated carbocycles. The Labute approximate surface area is 168 Å². The number of ether oxygens (including phenoxy) is 1. The molecule has 5 nitrogen and oxygen atoms in total. The number of imide groups is 1. The van der Waals surface area contributed by atoms with Crippen molar-refractivity contribution in [2.24, 2.45) is 17.8 Å². The van der Waals surface area contributed by atoms with Crippen LogP contribution in [0.5, 0.6) is 0 Å².